The van der Waals surface area contributed by atoms with E-state index in [4.69, 9.17) is 4.74 Å². The van der Waals surface area contributed by atoms with E-state index in [1.807, 2.05) is 0 Å². The summed E-state index contributed by atoms with van der Waals surface area (Å²) in [6.07, 6.45) is 10.2. The van der Waals surface area contributed by atoms with Crippen molar-refractivity contribution in [1.29, 1.82) is 0 Å². The maximum atomic E-state index is 12.8. The number of fused-ring (bicyclic) bond motifs is 4. The lowest BCUT2D eigenvalue weighted by Crippen LogP contribution is -2.16. The smallest absolute Gasteiger partial charge is 0.341 e. The number of thioether (sulfide) groups is 1. The Morgan fingerprint density at radius 1 is 1.03 bits per heavy atom. The van der Waals surface area contributed by atoms with Gasteiger partial charge in [0.05, 0.1) is 18.4 Å². The van der Waals surface area contributed by atoms with Crippen LogP contribution in [-0.2, 0) is 35.2 Å². The van der Waals surface area contributed by atoms with Crippen molar-refractivity contribution in [3.63, 3.8) is 0 Å². The zero-order valence-corrected chi connectivity index (χ0v) is 19.7. The number of hydrogen-bond acceptors (Lipinski definition) is 8. The van der Waals surface area contributed by atoms with E-state index in [-0.39, 0.29) is 17.6 Å². The van der Waals surface area contributed by atoms with E-state index in [1.54, 1.807) is 17.7 Å². The van der Waals surface area contributed by atoms with Crippen molar-refractivity contribution in [1.82, 2.24) is 9.97 Å². The highest BCUT2D eigenvalue weighted by atomic mass is 32.2. The van der Waals surface area contributed by atoms with Gasteiger partial charge in [-0.3, -0.25) is 4.79 Å². The first-order chi connectivity index (χ1) is 15.2. The zero-order valence-electron chi connectivity index (χ0n) is 17.3. The predicted octanol–water partition coefficient (Wildman–Crippen LogP) is 5.03. The number of carbonyl (C=O) groups excluding carboxylic acids is 2. The minimum Gasteiger partial charge on any atom is -0.465 e. The number of hydrogen-bond donors (Lipinski definition) is 1. The molecule has 3 heterocycles. The van der Waals surface area contributed by atoms with Crippen molar-refractivity contribution >= 4 is 61.5 Å². The maximum absolute atomic E-state index is 12.8. The van der Waals surface area contributed by atoms with E-state index in [2.05, 4.69) is 15.3 Å². The third-order valence-corrected chi connectivity index (χ3v) is 9.27. The van der Waals surface area contributed by atoms with Gasteiger partial charge in [-0.1, -0.05) is 11.8 Å². The van der Waals surface area contributed by atoms with Gasteiger partial charge in [0.1, 0.15) is 21.2 Å². The van der Waals surface area contributed by atoms with Gasteiger partial charge >= 0.3 is 5.97 Å². The van der Waals surface area contributed by atoms with Gasteiger partial charge in [0.25, 0.3) is 0 Å². The van der Waals surface area contributed by atoms with Crippen LogP contribution in [0.3, 0.4) is 0 Å². The number of anilines is 1. The Balaban J connectivity index is 1.35. The molecule has 0 fully saturated rings. The summed E-state index contributed by atoms with van der Waals surface area (Å²) in [6, 6.07) is 0. The molecular weight excluding hydrogens is 450 g/mol. The fraction of sp³-hybridized carbons (Fsp3) is 0.455. The molecule has 9 heteroatoms. The Labute approximate surface area is 192 Å². The molecule has 0 unspecified atom stereocenters. The van der Waals surface area contributed by atoms with Crippen LogP contribution in [-0.4, -0.2) is 34.7 Å². The molecule has 2 aliphatic carbocycles. The number of aryl methyl sites for hydroxylation is 3. The third-order valence-electron chi connectivity index (χ3n) is 5.87. The first kappa shape index (κ1) is 20.9. The first-order valence-electron chi connectivity index (χ1n) is 10.6. The van der Waals surface area contributed by atoms with Crippen LogP contribution < -0.4 is 5.32 Å². The van der Waals surface area contributed by atoms with Gasteiger partial charge in [-0.15, -0.1) is 22.7 Å². The first-order valence-corrected chi connectivity index (χ1v) is 13.2. The van der Waals surface area contributed by atoms with Crippen LogP contribution in [0.1, 0.15) is 56.9 Å². The van der Waals surface area contributed by atoms with Gasteiger partial charge in [-0.25, -0.2) is 14.8 Å². The van der Waals surface area contributed by atoms with Gasteiger partial charge in [0.15, 0.2) is 0 Å². The van der Waals surface area contributed by atoms with Crippen LogP contribution in [0.15, 0.2) is 11.4 Å². The summed E-state index contributed by atoms with van der Waals surface area (Å²) >= 11 is 4.71. The van der Waals surface area contributed by atoms with Crippen molar-refractivity contribution in [2.75, 3.05) is 18.2 Å². The molecule has 0 spiro atoms. The molecule has 0 bridgehead atoms. The van der Waals surface area contributed by atoms with Gasteiger partial charge in [-0.2, -0.15) is 0 Å². The second kappa shape index (κ2) is 8.88. The Hall–Kier alpha value is -1.97. The molecule has 3 aromatic rings. The number of thiophene rings is 2. The number of rotatable bonds is 5. The van der Waals surface area contributed by atoms with Gasteiger partial charge in [-0.05, 0) is 62.5 Å². The van der Waals surface area contributed by atoms with Crippen LogP contribution in [0.4, 0.5) is 5.00 Å². The number of esters is 1. The molecular formula is C22H23N3O3S3. The number of nitrogens with one attached hydrogen (secondary N) is 1. The van der Waals surface area contributed by atoms with Crippen LogP contribution in [0, 0.1) is 0 Å². The number of aromatic nitrogens is 2. The topological polar surface area (TPSA) is 81.2 Å². The number of nitrogens with zero attached hydrogens (tertiary/aromatic N) is 2. The summed E-state index contributed by atoms with van der Waals surface area (Å²) in [4.78, 5) is 37.8. The minimum atomic E-state index is -0.371. The molecule has 0 aromatic carbocycles. The second-order valence-electron chi connectivity index (χ2n) is 7.81. The van der Waals surface area contributed by atoms with E-state index >= 15 is 0 Å². The highest BCUT2D eigenvalue weighted by molar-refractivity contribution is 8.00. The van der Waals surface area contributed by atoms with E-state index in [0.717, 1.165) is 59.3 Å². The highest BCUT2D eigenvalue weighted by Crippen LogP contribution is 2.40. The summed E-state index contributed by atoms with van der Waals surface area (Å²) in [5.41, 5.74) is 2.96. The molecule has 1 N–H and O–H groups in total. The van der Waals surface area contributed by atoms with Crippen molar-refractivity contribution in [3.05, 3.63) is 32.8 Å². The van der Waals surface area contributed by atoms with Crippen molar-refractivity contribution in [2.24, 2.45) is 0 Å². The largest absolute Gasteiger partial charge is 0.465 e. The van der Waals surface area contributed by atoms with Gasteiger partial charge < -0.3 is 10.1 Å². The predicted molar refractivity (Wildman–Crippen MR) is 126 cm³/mol. The molecule has 6 nitrogen and oxygen atoms in total. The van der Waals surface area contributed by atoms with E-state index in [1.165, 1.54) is 58.4 Å². The van der Waals surface area contributed by atoms with Crippen LogP contribution in [0.2, 0.25) is 0 Å². The molecule has 0 radical (unpaired) electrons. The minimum absolute atomic E-state index is 0.135. The van der Waals surface area contributed by atoms with Crippen LogP contribution >= 0.6 is 34.4 Å². The summed E-state index contributed by atoms with van der Waals surface area (Å²) in [7, 11) is 1.39. The summed E-state index contributed by atoms with van der Waals surface area (Å²) in [6.45, 7) is 0. The Bertz CT molecular complexity index is 1170. The zero-order chi connectivity index (χ0) is 21.4. The monoisotopic (exact) mass is 473 g/mol. The lowest BCUT2D eigenvalue weighted by atomic mass is 9.95. The maximum Gasteiger partial charge on any atom is 0.341 e. The third kappa shape index (κ3) is 3.99. The molecule has 0 saturated heterocycles. The molecule has 162 valence electrons. The van der Waals surface area contributed by atoms with Gasteiger partial charge in [0, 0.05) is 15.1 Å². The lowest BCUT2D eigenvalue weighted by molar-refractivity contribution is -0.113. The van der Waals surface area contributed by atoms with Crippen LogP contribution in [0.5, 0.6) is 0 Å². The lowest BCUT2D eigenvalue weighted by Gasteiger charge is -2.12. The molecule has 0 saturated carbocycles. The van der Waals surface area contributed by atoms with Crippen molar-refractivity contribution in [3.8, 4) is 0 Å². The molecule has 0 aliphatic heterocycles. The SMILES string of the molecule is COC(=O)c1c(NC(=O)CSc2ncnc3sc4c(c23)CCCC4)sc2c1CCCC2. The Kier molecular flexibility index (Phi) is 5.99. The number of methoxy groups -OCH3 is 1. The van der Waals surface area contributed by atoms with E-state index in [9.17, 15) is 9.59 Å². The quantitative estimate of drug-likeness (QED) is 0.318. The van der Waals surface area contributed by atoms with Crippen molar-refractivity contribution in [2.45, 2.75) is 56.4 Å². The fourth-order valence-corrected chi connectivity index (χ4v) is 7.85. The molecule has 2 aliphatic rings. The average molecular weight is 474 g/mol. The van der Waals surface area contributed by atoms with Gasteiger partial charge in [0.2, 0.25) is 5.91 Å². The summed E-state index contributed by atoms with van der Waals surface area (Å²) < 4.78 is 5.00. The van der Waals surface area contributed by atoms with Crippen LogP contribution in [0.25, 0.3) is 10.2 Å². The van der Waals surface area contributed by atoms with E-state index < -0.39 is 0 Å². The molecule has 1 amide bonds. The Morgan fingerprint density at radius 2 is 1.74 bits per heavy atom. The highest BCUT2D eigenvalue weighted by Gasteiger charge is 2.27. The molecule has 31 heavy (non-hydrogen) atoms. The molecule has 0 atom stereocenters. The molecule has 5 rings (SSSR count). The summed E-state index contributed by atoms with van der Waals surface area (Å²) in [5, 5.41) is 5.59. The second-order valence-corrected chi connectivity index (χ2v) is 11.0. The van der Waals surface area contributed by atoms with Crippen molar-refractivity contribution < 1.29 is 14.3 Å². The molecule has 3 aromatic heterocycles. The Morgan fingerprint density at radius 3 is 2.52 bits per heavy atom. The van der Waals surface area contributed by atoms with E-state index in [0.29, 0.717) is 10.6 Å². The number of amides is 1. The fourth-order valence-electron chi connectivity index (χ4n) is 4.44. The normalized spacial score (nSPS) is 15.4. The number of carbonyl (C=O) groups is 2. The number of ether oxygens (including phenoxy) is 1. The average Bonchev–Trinajstić information content (AvgIpc) is 3.35. The summed E-state index contributed by atoms with van der Waals surface area (Å²) in [5.74, 6) is -0.269. The standard InChI is InChI=1S/C22H23N3O3S3/c1-28-22(27)18-13-7-3-5-9-15(13)31-21(18)25-16(26)10-29-19-17-12-6-2-4-8-14(12)30-20(17)24-11-23-19/h11H,2-10H2,1H3,(H,25,26).